The maximum Gasteiger partial charge on any atom is 0.279 e. The normalized spacial score (nSPS) is 11.7. The van der Waals surface area contributed by atoms with Crippen molar-refractivity contribution in [1.29, 1.82) is 0 Å². The summed E-state index contributed by atoms with van der Waals surface area (Å²) in [5, 5.41) is 4.85. The lowest BCUT2D eigenvalue weighted by molar-refractivity contribution is -0.678. The molecule has 0 unspecified atom stereocenters. The monoisotopic (exact) mass is 337 g/mol. The number of benzene rings is 2. The summed E-state index contributed by atoms with van der Waals surface area (Å²) in [7, 11) is 1.61. The number of carbonyl (C=O) groups is 1. The molecule has 1 atom stereocenters. The Morgan fingerprint density at radius 2 is 1.84 bits per heavy atom. The zero-order valence-corrected chi connectivity index (χ0v) is 14.0. The highest BCUT2D eigenvalue weighted by atomic mass is 16.5. The van der Waals surface area contributed by atoms with Gasteiger partial charge in [0.05, 0.1) is 13.4 Å². The Morgan fingerprint density at radius 3 is 2.48 bits per heavy atom. The molecule has 0 radical (unpaired) electrons. The van der Waals surface area contributed by atoms with Crippen LogP contribution in [0.1, 0.15) is 17.4 Å². The van der Waals surface area contributed by atoms with Crippen LogP contribution in [0.25, 0.3) is 0 Å². The fraction of sp³-hybridized carbons (Fsp3) is 0.150. The molecule has 3 rings (SSSR count). The van der Waals surface area contributed by atoms with E-state index in [-0.39, 0.29) is 18.5 Å². The van der Waals surface area contributed by atoms with Crippen molar-refractivity contribution in [3.8, 4) is 5.75 Å². The number of rotatable bonds is 7. The van der Waals surface area contributed by atoms with Crippen LogP contribution in [0.3, 0.4) is 0 Å². The van der Waals surface area contributed by atoms with Crippen LogP contribution in [-0.4, -0.2) is 19.6 Å². The van der Waals surface area contributed by atoms with E-state index in [0.29, 0.717) is 0 Å². The summed E-state index contributed by atoms with van der Waals surface area (Å²) in [4.78, 5) is 12.3. The van der Waals surface area contributed by atoms with Gasteiger partial charge in [0, 0.05) is 11.3 Å². The molecule has 3 aromatic rings. The van der Waals surface area contributed by atoms with Gasteiger partial charge >= 0.3 is 0 Å². The lowest BCUT2D eigenvalue weighted by Crippen LogP contribution is -2.87. The van der Waals surface area contributed by atoms with Gasteiger partial charge in [-0.2, -0.15) is 0 Å². The predicted molar refractivity (Wildman–Crippen MR) is 95.4 cm³/mol. The van der Waals surface area contributed by atoms with Crippen molar-refractivity contribution in [2.24, 2.45) is 0 Å². The van der Waals surface area contributed by atoms with E-state index in [4.69, 9.17) is 9.15 Å². The van der Waals surface area contributed by atoms with Gasteiger partial charge in [-0.1, -0.05) is 30.3 Å². The number of hydrogen-bond donors (Lipinski definition) is 2. The first-order valence-corrected chi connectivity index (χ1v) is 8.12. The molecule has 0 saturated heterocycles. The number of anilines is 1. The van der Waals surface area contributed by atoms with Crippen LogP contribution in [0, 0.1) is 0 Å². The molecule has 0 aliphatic heterocycles. The summed E-state index contributed by atoms with van der Waals surface area (Å²) < 4.78 is 10.7. The van der Waals surface area contributed by atoms with Gasteiger partial charge in [-0.25, -0.2) is 0 Å². The SMILES string of the molecule is COc1ccc(NC(=O)C[NH2+][C@@H](c2ccccc2)c2ccco2)cc1. The molecule has 0 aliphatic carbocycles. The second kappa shape index (κ2) is 8.17. The molecule has 1 aromatic heterocycles. The Hall–Kier alpha value is -3.05. The summed E-state index contributed by atoms with van der Waals surface area (Å²) in [5.41, 5.74) is 1.84. The molecule has 0 aliphatic rings. The number of nitrogens with one attached hydrogen (secondary N) is 1. The van der Waals surface area contributed by atoms with E-state index >= 15 is 0 Å². The van der Waals surface area contributed by atoms with Gasteiger partial charge < -0.3 is 19.8 Å². The Balaban J connectivity index is 1.63. The zero-order chi connectivity index (χ0) is 17.5. The van der Waals surface area contributed by atoms with Crippen LogP contribution in [0.15, 0.2) is 77.4 Å². The van der Waals surface area contributed by atoms with Crippen LogP contribution in [0.5, 0.6) is 5.75 Å². The molecule has 5 nitrogen and oxygen atoms in total. The molecule has 0 bridgehead atoms. The first kappa shape index (κ1) is 16.8. The maximum absolute atomic E-state index is 12.3. The van der Waals surface area contributed by atoms with E-state index < -0.39 is 0 Å². The zero-order valence-electron chi connectivity index (χ0n) is 14.0. The minimum atomic E-state index is -0.0716. The van der Waals surface area contributed by atoms with Crippen molar-refractivity contribution >= 4 is 11.6 Å². The summed E-state index contributed by atoms with van der Waals surface area (Å²) in [5.74, 6) is 1.51. The molecule has 5 heteroatoms. The quantitative estimate of drug-likeness (QED) is 0.696. The average molecular weight is 337 g/mol. The second-order valence-corrected chi connectivity index (χ2v) is 5.62. The predicted octanol–water partition coefficient (Wildman–Crippen LogP) is 2.58. The van der Waals surface area contributed by atoms with Crippen molar-refractivity contribution in [3.05, 3.63) is 84.3 Å². The Labute approximate surface area is 146 Å². The Bertz CT molecular complexity index is 784. The number of amides is 1. The van der Waals surface area contributed by atoms with E-state index in [0.717, 1.165) is 22.8 Å². The van der Waals surface area contributed by atoms with Crippen molar-refractivity contribution in [1.82, 2.24) is 0 Å². The van der Waals surface area contributed by atoms with Crippen molar-refractivity contribution in [2.75, 3.05) is 19.0 Å². The summed E-state index contributed by atoms with van der Waals surface area (Å²) in [6.07, 6.45) is 1.65. The number of hydrogen-bond acceptors (Lipinski definition) is 3. The third-order valence-corrected chi connectivity index (χ3v) is 3.92. The molecular weight excluding hydrogens is 316 g/mol. The summed E-state index contributed by atoms with van der Waals surface area (Å²) in [6.45, 7) is 0.284. The lowest BCUT2D eigenvalue weighted by atomic mass is 10.0. The van der Waals surface area contributed by atoms with E-state index in [1.807, 2.05) is 72.0 Å². The van der Waals surface area contributed by atoms with Crippen LogP contribution in [0.2, 0.25) is 0 Å². The van der Waals surface area contributed by atoms with E-state index in [1.165, 1.54) is 0 Å². The van der Waals surface area contributed by atoms with Crippen molar-refractivity contribution < 1.29 is 19.3 Å². The molecule has 0 spiro atoms. The minimum Gasteiger partial charge on any atom is -0.497 e. The van der Waals surface area contributed by atoms with Gasteiger partial charge in [-0.15, -0.1) is 0 Å². The molecule has 0 saturated carbocycles. The second-order valence-electron chi connectivity index (χ2n) is 5.62. The standard InChI is InChI=1S/C20H20N2O3/c1-24-17-11-9-16(10-12-17)22-19(23)14-21-20(18-8-5-13-25-18)15-6-3-2-4-7-15/h2-13,20-21H,14H2,1H3,(H,22,23)/p+1/t20-/m0/s1. The van der Waals surface area contributed by atoms with E-state index in [2.05, 4.69) is 5.32 Å². The molecule has 25 heavy (non-hydrogen) atoms. The number of ether oxygens (including phenoxy) is 1. The molecule has 128 valence electrons. The van der Waals surface area contributed by atoms with Crippen LogP contribution in [0.4, 0.5) is 5.69 Å². The number of quaternary nitrogens is 1. The lowest BCUT2D eigenvalue weighted by Gasteiger charge is -2.14. The first-order valence-electron chi connectivity index (χ1n) is 8.12. The van der Waals surface area contributed by atoms with E-state index in [1.54, 1.807) is 13.4 Å². The number of carbonyl (C=O) groups excluding carboxylic acids is 1. The highest BCUT2D eigenvalue weighted by Gasteiger charge is 2.21. The third-order valence-electron chi connectivity index (χ3n) is 3.92. The van der Waals surface area contributed by atoms with Gasteiger partial charge in [-0.05, 0) is 36.4 Å². The van der Waals surface area contributed by atoms with Gasteiger partial charge in [0.1, 0.15) is 5.75 Å². The van der Waals surface area contributed by atoms with Crippen LogP contribution in [-0.2, 0) is 4.79 Å². The Morgan fingerprint density at radius 1 is 1.08 bits per heavy atom. The van der Waals surface area contributed by atoms with Crippen LogP contribution >= 0.6 is 0 Å². The highest BCUT2D eigenvalue weighted by molar-refractivity contribution is 5.91. The van der Waals surface area contributed by atoms with Gasteiger partial charge in [0.2, 0.25) is 0 Å². The minimum absolute atomic E-state index is 0.0576. The molecule has 1 heterocycles. The largest absolute Gasteiger partial charge is 0.497 e. The topological polar surface area (TPSA) is 68.1 Å². The van der Waals surface area contributed by atoms with Gasteiger partial charge in [0.15, 0.2) is 18.3 Å². The summed E-state index contributed by atoms with van der Waals surface area (Å²) >= 11 is 0. The summed E-state index contributed by atoms with van der Waals surface area (Å²) in [6, 6.07) is 21.0. The van der Waals surface area contributed by atoms with Gasteiger partial charge in [-0.3, -0.25) is 4.79 Å². The molecule has 0 fully saturated rings. The fourth-order valence-electron chi connectivity index (χ4n) is 2.66. The highest BCUT2D eigenvalue weighted by Crippen LogP contribution is 2.18. The molecular formula is C20H21N2O3+. The maximum atomic E-state index is 12.3. The number of furan rings is 1. The van der Waals surface area contributed by atoms with Gasteiger partial charge in [0.25, 0.3) is 5.91 Å². The van der Waals surface area contributed by atoms with E-state index in [9.17, 15) is 4.79 Å². The fourth-order valence-corrected chi connectivity index (χ4v) is 2.66. The van der Waals surface area contributed by atoms with Crippen molar-refractivity contribution in [2.45, 2.75) is 6.04 Å². The third kappa shape index (κ3) is 4.49. The van der Waals surface area contributed by atoms with Crippen molar-refractivity contribution in [3.63, 3.8) is 0 Å². The first-order chi connectivity index (χ1) is 12.3. The number of methoxy groups -OCH3 is 1. The molecule has 1 amide bonds. The van der Waals surface area contributed by atoms with Crippen LogP contribution < -0.4 is 15.4 Å². The molecule has 3 N–H and O–H groups in total. The molecule has 2 aromatic carbocycles. The Kier molecular flexibility index (Phi) is 5.49. The smallest absolute Gasteiger partial charge is 0.279 e. The average Bonchev–Trinajstić information content (AvgIpc) is 3.18. The number of nitrogens with two attached hydrogens (primary N) is 1.